The third-order valence-corrected chi connectivity index (χ3v) is 7.30. The Balaban J connectivity index is 1.84. The Hall–Kier alpha value is -2.87. The molecule has 0 aromatic carbocycles. The Bertz CT molecular complexity index is 1250. The Kier molecular flexibility index (Phi) is 6.98. The second kappa shape index (κ2) is 9.78. The summed E-state index contributed by atoms with van der Waals surface area (Å²) in [5, 5.41) is 9.74. The van der Waals surface area contributed by atoms with Gasteiger partial charge in [0.05, 0.1) is 29.9 Å². The Labute approximate surface area is 207 Å². The van der Waals surface area contributed by atoms with Crippen LogP contribution >= 0.6 is 24.0 Å². The lowest BCUT2D eigenvalue weighted by molar-refractivity contribution is -0.122. The van der Waals surface area contributed by atoms with E-state index in [9.17, 15) is 14.9 Å². The van der Waals surface area contributed by atoms with Crippen molar-refractivity contribution in [1.29, 1.82) is 5.26 Å². The van der Waals surface area contributed by atoms with Crippen molar-refractivity contribution in [3.05, 3.63) is 56.1 Å². The molecular weight excluding hydrogens is 472 g/mol. The third-order valence-electron chi connectivity index (χ3n) is 5.92. The van der Waals surface area contributed by atoms with Crippen LogP contribution in [0.5, 0.6) is 0 Å². The Morgan fingerprint density at radius 1 is 1.29 bits per heavy atom. The molecule has 10 heteroatoms. The largest absolute Gasteiger partial charge is 0.467 e. The maximum absolute atomic E-state index is 13.3. The molecule has 2 aromatic rings. The SMILES string of the molecule is CCn1c(N2CC(C)OC(C)C2)c(C=C2SC(=S)N(Cc3ccco3)C2=O)c(C)c(C#N)c1=O. The lowest BCUT2D eigenvalue weighted by Crippen LogP contribution is -2.48. The topological polar surface area (TPSA) is 91.7 Å². The van der Waals surface area contributed by atoms with Crippen molar-refractivity contribution in [3.63, 3.8) is 0 Å². The molecule has 0 radical (unpaired) electrons. The molecule has 34 heavy (non-hydrogen) atoms. The number of nitrogens with zero attached hydrogens (tertiary/aromatic N) is 4. The van der Waals surface area contributed by atoms with Gasteiger partial charge < -0.3 is 14.1 Å². The number of hydrogen-bond acceptors (Lipinski definition) is 8. The smallest absolute Gasteiger partial charge is 0.270 e. The number of morpholine rings is 1. The molecule has 2 saturated heterocycles. The van der Waals surface area contributed by atoms with Crippen molar-refractivity contribution < 1.29 is 13.9 Å². The van der Waals surface area contributed by atoms with Crippen molar-refractivity contribution in [1.82, 2.24) is 9.47 Å². The predicted octanol–water partition coefficient (Wildman–Crippen LogP) is 3.66. The highest BCUT2D eigenvalue weighted by atomic mass is 32.2. The minimum atomic E-state index is -0.327. The van der Waals surface area contributed by atoms with Crippen LogP contribution in [0.25, 0.3) is 6.08 Å². The molecule has 4 rings (SSSR count). The van der Waals surface area contributed by atoms with Gasteiger partial charge in [-0.2, -0.15) is 5.26 Å². The van der Waals surface area contributed by atoms with Gasteiger partial charge in [-0.15, -0.1) is 0 Å². The van der Waals surface area contributed by atoms with Crippen molar-refractivity contribution in [2.75, 3.05) is 18.0 Å². The maximum Gasteiger partial charge on any atom is 0.270 e. The summed E-state index contributed by atoms with van der Waals surface area (Å²) in [6.07, 6.45) is 3.27. The van der Waals surface area contributed by atoms with Crippen LogP contribution in [0, 0.1) is 18.3 Å². The average Bonchev–Trinajstić information content (AvgIpc) is 3.39. The maximum atomic E-state index is 13.3. The first kappa shape index (κ1) is 24.3. The van der Waals surface area contributed by atoms with Gasteiger partial charge in [0.25, 0.3) is 11.5 Å². The highest BCUT2D eigenvalue weighted by Crippen LogP contribution is 2.37. The lowest BCUT2D eigenvalue weighted by atomic mass is 10.0. The zero-order valence-corrected chi connectivity index (χ0v) is 21.2. The summed E-state index contributed by atoms with van der Waals surface area (Å²) in [6.45, 7) is 9.44. The fourth-order valence-electron chi connectivity index (χ4n) is 4.45. The first-order chi connectivity index (χ1) is 16.2. The van der Waals surface area contributed by atoms with E-state index in [-0.39, 0.29) is 35.8 Å². The number of thioether (sulfide) groups is 1. The van der Waals surface area contributed by atoms with E-state index in [2.05, 4.69) is 11.0 Å². The van der Waals surface area contributed by atoms with E-state index >= 15 is 0 Å². The minimum absolute atomic E-state index is 0.0283. The standard InChI is InChI=1S/C24H26N4O4S2/c1-5-27-21(26-11-14(2)32-15(3)12-26)18(16(4)19(10-25)22(27)29)9-20-23(30)28(24(33)34-20)13-17-7-6-8-31-17/h6-9,14-15H,5,11-13H2,1-4H3. The molecule has 0 N–H and O–H groups in total. The van der Waals surface area contributed by atoms with Gasteiger partial charge in [0, 0.05) is 25.2 Å². The summed E-state index contributed by atoms with van der Waals surface area (Å²) in [4.78, 5) is 30.5. The zero-order valence-electron chi connectivity index (χ0n) is 19.5. The number of pyridine rings is 1. The number of amides is 1. The number of carbonyl (C=O) groups is 1. The highest BCUT2D eigenvalue weighted by molar-refractivity contribution is 8.26. The van der Waals surface area contributed by atoms with Crippen molar-refractivity contribution in [2.45, 2.75) is 53.0 Å². The van der Waals surface area contributed by atoms with Crippen molar-refractivity contribution in [2.24, 2.45) is 0 Å². The molecule has 0 spiro atoms. The average molecular weight is 499 g/mol. The van der Waals surface area contributed by atoms with E-state index in [1.807, 2.05) is 20.8 Å². The van der Waals surface area contributed by atoms with Crippen LogP contribution < -0.4 is 10.5 Å². The fourth-order valence-corrected chi connectivity index (χ4v) is 5.69. The summed E-state index contributed by atoms with van der Waals surface area (Å²) in [5.74, 6) is 1.10. The van der Waals surface area contributed by atoms with Gasteiger partial charge in [-0.1, -0.05) is 24.0 Å². The number of furan rings is 1. The van der Waals surface area contributed by atoms with Gasteiger partial charge in [-0.3, -0.25) is 19.1 Å². The van der Waals surface area contributed by atoms with Gasteiger partial charge in [-0.25, -0.2) is 0 Å². The summed E-state index contributed by atoms with van der Waals surface area (Å²) in [6, 6.07) is 5.62. The van der Waals surface area contributed by atoms with Gasteiger partial charge in [0.15, 0.2) is 0 Å². The van der Waals surface area contributed by atoms with Crippen LogP contribution in [0.4, 0.5) is 5.82 Å². The summed E-state index contributed by atoms with van der Waals surface area (Å²) < 4.78 is 13.3. The number of nitriles is 1. The highest BCUT2D eigenvalue weighted by Gasteiger charge is 2.34. The number of anilines is 1. The number of aromatic nitrogens is 1. The van der Waals surface area contributed by atoms with E-state index < -0.39 is 0 Å². The molecule has 178 valence electrons. The van der Waals surface area contributed by atoms with Gasteiger partial charge in [0.2, 0.25) is 0 Å². The number of thiocarbonyl (C=S) groups is 1. The molecular formula is C24H26N4O4S2. The monoisotopic (exact) mass is 498 g/mol. The molecule has 2 unspecified atom stereocenters. The molecule has 2 aliphatic rings. The van der Waals surface area contributed by atoms with Crippen LogP contribution in [-0.4, -0.2) is 45.0 Å². The zero-order chi connectivity index (χ0) is 24.6. The molecule has 2 aliphatic heterocycles. The third kappa shape index (κ3) is 4.43. The summed E-state index contributed by atoms with van der Waals surface area (Å²) >= 11 is 6.68. The Morgan fingerprint density at radius 2 is 2.00 bits per heavy atom. The minimum Gasteiger partial charge on any atom is -0.467 e. The molecule has 4 heterocycles. The molecule has 0 bridgehead atoms. The second-order valence-corrected chi connectivity index (χ2v) is 10.1. The molecule has 1 amide bonds. The van der Waals surface area contributed by atoms with Crippen LogP contribution in [0.3, 0.4) is 0 Å². The van der Waals surface area contributed by atoms with Gasteiger partial charge in [-0.05, 0) is 51.5 Å². The molecule has 0 saturated carbocycles. The van der Waals surface area contributed by atoms with Crippen molar-refractivity contribution in [3.8, 4) is 6.07 Å². The van der Waals surface area contributed by atoms with E-state index in [1.54, 1.807) is 36.0 Å². The van der Waals surface area contributed by atoms with E-state index in [1.165, 1.54) is 16.7 Å². The molecule has 2 aromatic heterocycles. The quantitative estimate of drug-likeness (QED) is 0.456. The lowest BCUT2D eigenvalue weighted by Gasteiger charge is -2.39. The molecule has 2 atom stereocenters. The van der Waals surface area contributed by atoms with Crippen LogP contribution in [0.15, 0.2) is 32.5 Å². The molecule has 2 fully saturated rings. The fraction of sp³-hybridized carbons (Fsp3) is 0.417. The molecule has 8 nitrogen and oxygen atoms in total. The summed E-state index contributed by atoms with van der Waals surface area (Å²) in [7, 11) is 0. The van der Waals surface area contributed by atoms with Crippen LogP contribution in [-0.2, 0) is 22.6 Å². The second-order valence-electron chi connectivity index (χ2n) is 8.41. The first-order valence-corrected chi connectivity index (χ1v) is 12.3. The Morgan fingerprint density at radius 3 is 2.59 bits per heavy atom. The van der Waals surface area contributed by atoms with E-state index in [0.717, 1.165) is 0 Å². The number of rotatable bonds is 5. The number of hydrogen-bond donors (Lipinski definition) is 0. The van der Waals surface area contributed by atoms with Crippen LogP contribution in [0.1, 0.15) is 43.2 Å². The van der Waals surface area contributed by atoms with E-state index in [0.29, 0.717) is 51.6 Å². The predicted molar refractivity (Wildman–Crippen MR) is 135 cm³/mol. The van der Waals surface area contributed by atoms with Crippen molar-refractivity contribution >= 4 is 46.1 Å². The molecule has 0 aliphatic carbocycles. The van der Waals surface area contributed by atoms with E-state index in [4.69, 9.17) is 21.4 Å². The first-order valence-electron chi connectivity index (χ1n) is 11.1. The van der Waals surface area contributed by atoms with Gasteiger partial charge in [0.1, 0.15) is 27.5 Å². The summed E-state index contributed by atoms with van der Waals surface area (Å²) in [5.41, 5.74) is 0.984. The number of ether oxygens (including phenoxy) is 1. The number of carbonyl (C=O) groups excluding carboxylic acids is 1. The van der Waals surface area contributed by atoms with Gasteiger partial charge >= 0.3 is 0 Å². The normalized spacial score (nSPS) is 22.0. The van der Waals surface area contributed by atoms with Crippen LogP contribution in [0.2, 0.25) is 0 Å².